The topological polar surface area (TPSA) is 49.4 Å². The lowest BCUT2D eigenvalue weighted by Gasteiger charge is -2.29. The molecule has 4 nitrogen and oxygen atoms in total. The van der Waals surface area contributed by atoms with Gasteiger partial charge < -0.3 is 10.2 Å². The molecule has 0 saturated carbocycles. The van der Waals surface area contributed by atoms with Gasteiger partial charge in [0, 0.05) is 31.5 Å². The highest BCUT2D eigenvalue weighted by atomic mass is 32.2. The van der Waals surface area contributed by atoms with Gasteiger partial charge in [-0.25, -0.2) is 0 Å². The van der Waals surface area contributed by atoms with E-state index in [0.29, 0.717) is 0 Å². The Balaban J connectivity index is 2.42. The predicted octanol–water partition coefficient (Wildman–Crippen LogP) is 0.0864. The lowest BCUT2D eigenvalue weighted by atomic mass is 10.3. The molecule has 2 amide bonds. The largest absolute Gasteiger partial charge is 0.345 e. The SMILES string of the molecule is CC(=O)N[C@H](C)C(=O)N1CCSCC1. The van der Waals surface area contributed by atoms with Gasteiger partial charge in [-0.3, -0.25) is 9.59 Å². The van der Waals surface area contributed by atoms with E-state index in [1.165, 1.54) is 6.92 Å². The first-order chi connectivity index (χ1) is 6.61. The average molecular weight is 216 g/mol. The number of amides is 2. The van der Waals surface area contributed by atoms with Gasteiger partial charge in [-0.05, 0) is 6.92 Å². The summed E-state index contributed by atoms with van der Waals surface area (Å²) in [4.78, 5) is 24.3. The molecule has 0 aromatic heterocycles. The molecule has 1 fully saturated rings. The fraction of sp³-hybridized carbons (Fsp3) is 0.778. The first-order valence-electron chi connectivity index (χ1n) is 4.75. The molecular formula is C9H16N2O2S. The molecule has 5 heteroatoms. The quantitative estimate of drug-likeness (QED) is 0.711. The van der Waals surface area contributed by atoms with Crippen molar-refractivity contribution in [2.75, 3.05) is 24.6 Å². The van der Waals surface area contributed by atoms with Crippen LogP contribution in [-0.2, 0) is 9.59 Å². The molecule has 1 heterocycles. The van der Waals surface area contributed by atoms with Crippen molar-refractivity contribution in [3.05, 3.63) is 0 Å². The van der Waals surface area contributed by atoms with Crippen molar-refractivity contribution in [2.24, 2.45) is 0 Å². The summed E-state index contributed by atoms with van der Waals surface area (Å²) in [5.74, 6) is 1.87. The summed E-state index contributed by atoms with van der Waals surface area (Å²) in [6.45, 7) is 4.75. The summed E-state index contributed by atoms with van der Waals surface area (Å²) in [6, 6.07) is -0.393. The smallest absolute Gasteiger partial charge is 0.244 e. The lowest BCUT2D eigenvalue weighted by Crippen LogP contribution is -2.48. The first-order valence-corrected chi connectivity index (χ1v) is 5.90. The molecule has 0 aromatic carbocycles. The highest BCUT2D eigenvalue weighted by Crippen LogP contribution is 2.10. The first kappa shape index (κ1) is 11.4. The average Bonchev–Trinajstić information content (AvgIpc) is 2.17. The normalized spacial score (nSPS) is 18.9. The summed E-state index contributed by atoms with van der Waals surface area (Å²) in [7, 11) is 0. The molecule has 0 bridgehead atoms. The third kappa shape index (κ3) is 3.21. The van der Waals surface area contributed by atoms with Crippen molar-refractivity contribution in [2.45, 2.75) is 19.9 Å². The zero-order chi connectivity index (χ0) is 10.6. The van der Waals surface area contributed by atoms with E-state index in [9.17, 15) is 9.59 Å². The second-order valence-corrected chi connectivity index (χ2v) is 4.58. The van der Waals surface area contributed by atoms with Gasteiger partial charge >= 0.3 is 0 Å². The van der Waals surface area contributed by atoms with E-state index in [4.69, 9.17) is 0 Å². The molecular weight excluding hydrogens is 200 g/mol. The van der Waals surface area contributed by atoms with Gasteiger partial charge in [0.25, 0.3) is 0 Å². The zero-order valence-corrected chi connectivity index (χ0v) is 9.39. The van der Waals surface area contributed by atoms with E-state index in [1.54, 1.807) is 6.92 Å². The van der Waals surface area contributed by atoms with Crippen LogP contribution in [0.5, 0.6) is 0 Å². The molecule has 0 radical (unpaired) electrons. The summed E-state index contributed by atoms with van der Waals surface area (Å²) in [6.07, 6.45) is 0. The lowest BCUT2D eigenvalue weighted by molar-refractivity contribution is -0.135. The highest BCUT2D eigenvalue weighted by Gasteiger charge is 2.22. The van der Waals surface area contributed by atoms with E-state index in [-0.39, 0.29) is 11.8 Å². The van der Waals surface area contributed by atoms with Crippen LogP contribution in [0.2, 0.25) is 0 Å². The Bertz CT molecular complexity index is 227. The molecule has 80 valence electrons. The fourth-order valence-electron chi connectivity index (χ4n) is 1.42. The molecule has 0 aromatic rings. The van der Waals surface area contributed by atoms with Crippen LogP contribution in [0.3, 0.4) is 0 Å². The minimum Gasteiger partial charge on any atom is -0.345 e. The van der Waals surface area contributed by atoms with Crippen LogP contribution >= 0.6 is 11.8 Å². The number of nitrogens with zero attached hydrogens (tertiary/aromatic N) is 1. The van der Waals surface area contributed by atoms with E-state index in [0.717, 1.165) is 24.6 Å². The Hall–Kier alpha value is -0.710. The molecule has 1 N–H and O–H groups in total. The van der Waals surface area contributed by atoms with E-state index >= 15 is 0 Å². The Kier molecular flexibility index (Phi) is 4.25. The third-order valence-electron chi connectivity index (χ3n) is 2.11. The van der Waals surface area contributed by atoms with Crippen molar-refractivity contribution >= 4 is 23.6 Å². The number of hydrogen-bond donors (Lipinski definition) is 1. The predicted molar refractivity (Wildman–Crippen MR) is 57.2 cm³/mol. The molecule has 1 rings (SSSR count). The maximum Gasteiger partial charge on any atom is 0.244 e. The van der Waals surface area contributed by atoms with Crippen LogP contribution in [0.4, 0.5) is 0 Å². The highest BCUT2D eigenvalue weighted by molar-refractivity contribution is 7.99. The van der Waals surface area contributed by atoms with E-state index in [2.05, 4.69) is 5.32 Å². The van der Waals surface area contributed by atoms with Gasteiger partial charge in [0.2, 0.25) is 11.8 Å². The summed E-state index contributed by atoms with van der Waals surface area (Å²) in [5.41, 5.74) is 0. The van der Waals surface area contributed by atoms with Crippen LogP contribution in [0, 0.1) is 0 Å². The van der Waals surface area contributed by atoms with Gasteiger partial charge in [-0.15, -0.1) is 0 Å². The van der Waals surface area contributed by atoms with Crippen molar-refractivity contribution in [3.8, 4) is 0 Å². The van der Waals surface area contributed by atoms with Gasteiger partial charge in [-0.2, -0.15) is 11.8 Å². The second kappa shape index (κ2) is 5.24. The summed E-state index contributed by atoms with van der Waals surface area (Å²) < 4.78 is 0. The van der Waals surface area contributed by atoms with Crippen LogP contribution in [-0.4, -0.2) is 47.4 Å². The minimum atomic E-state index is -0.393. The molecule has 0 spiro atoms. The van der Waals surface area contributed by atoms with Gasteiger partial charge in [0.1, 0.15) is 6.04 Å². The number of rotatable bonds is 2. The van der Waals surface area contributed by atoms with E-state index in [1.807, 2.05) is 16.7 Å². The van der Waals surface area contributed by atoms with E-state index < -0.39 is 6.04 Å². The van der Waals surface area contributed by atoms with Crippen molar-refractivity contribution in [1.82, 2.24) is 10.2 Å². The Morgan fingerprint density at radius 3 is 2.43 bits per heavy atom. The number of carbonyl (C=O) groups excluding carboxylic acids is 2. The van der Waals surface area contributed by atoms with Crippen LogP contribution in [0.25, 0.3) is 0 Å². The van der Waals surface area contributed by atoms with Crippen molar-refractivity contribution < 1.29 is 9.59 Å². The molecule has 0 unspecified atom stereocenters. The maximum absolute atomic E-state index is 11.7. The van der Waals surface area contributed by atoms with Crippen molar-refractivity contribution in [3.63, 3.8) is 0 Å². The Labute approximate surface area is 88.4 Å². The molecule has 14 heavy (non-hydrogen) atoms. The second-order valence-electron chi connectivity index (χ2n) is 3.36. The zero-order valence-electron chi connectivity index (χ0n) is 8.58. The van der Waals surface area contributed by atoms with Gasteiger partial charge in [0.15, 0.2) is 0 Å². The standard InChI is InChI=1S/C9H16N2O2S/c1-7(10-8(2)12)9(13)11-3-5-14-6-4-11/h7H,3-6H2,1-2H3,(H,10,12)/t7-/m1/s1. The minimum absolute atomic E-state index is 0.0282. The van der Waals surface area contributed by atoms with Crippen LogP contribution < -0.4 is 5.32 Å². The third-order valence-corrected chi connectivity index (χ3v) is 3.06. The Morgan fingerprint density at radius 1 is 1.36 bits per heavy atom. The van der Waals surface area contributed by atoms with Crippen LogP contribution in [0.15, 0.2) is 0 Å². The molecule has 1 aliphatic rings. The number of nitrogens with one attached hydrogen (secondary N) is 1. The molecule has 1 atom stereocenters. The Morgan fingerprint density at radius 2 is 1.93 bits per heavy atom. The molecule has 0 aliphatic carbocycles. The number of hydrogen-bond acceptors (Lipinski definition) is 3. The van der Waals surface area contributed by atoms with Gasteiger partial charge in [-0.1, -0.05) is 0 Å². The van der Waals surface area contributed by atoms with Crippen LogP contribution in [0.1, 0.15) is 13.8 Å². The van der Waals surface area contributed by atoms with Crippen molar-refractivity contribution in [1.29, 1.82) is 0 Å². The summed E-state index contributed by atoms with van der Waals surface area (Å²) >= 11 is 1.86. The number of carbonyl (C=O) groups is 2. The maximum atomic E-state index is 11.7. The fourth-order valence-corrected chi connectivity index (χ4v) is 2.33. The summed E-state index contributed by atoms with van der Waals surface area (Å²) in [5, 5.41) is 2.60. The van der Waals surface area contributed by atoms with Gasteiger partial charge in [0.05, 0.1) is 0 Å². The molecule has 1 saturated heterocycles. The number of thioether (sulfide) groups is 1. The molecule has 1 aliphatic heterocycles. The monoisotopic (exact) mass is 216 g/mol.